The molecular formula is C11H16ClN3O4S. The van der Waals surface area contributed by atoms with E-state index in [1.54, 1.807) is 7.05 Å². The third-order valence-corrected chi connectivity index (χ3v) is 5.05. The van der Waals surface area contributed by atoms with Crippen molar-refractivity contribution in [2.45, 2.75) is 11.3 Å². The lowest BCUT2D eigenvalue weighted by atomic mass is 10.3. The zero-order valence-electron chi connectivity index (χ0n) is 11.2. The fourth-order valence-corrected chi connectivity index (χ4v) is 3.27. The van der Waals surface area contributed by atoms with E-state index in [1.807, 2.05) is 0 Å². The number of nitrogens with zero attached hydrogens (tertiary/aromatic N) is 2. The third-order valence-electron chi connectivity index (χ3n) is 2.71. The predicted octanol–water partition coefficient (Wildman–Crippen LogP) is 1.48. The Kier molecular flexibility index (Phi) is 5.88. The molecule has 0 unspecified atom stereocenters. The van der Waals surface area contributed by atoms with E-state index >= 15 is 0 Å². The van der Waals surface area contributed by atoms with Gasteiger partial charge in [0.2, 0.25) is 10.0 Å². The minimum absolute atomic E-state index is 0.0314. The molecule has 0 spiro atoms. The lowest BCUT2D eigenvalue weighted by Gasteiger charge is -2.17. The van der Waals surface area contributed by atoms with Gasteiger partial charge in [-0.2, -0.15) is 0 Å². The molecule has 0 aliphatic rings. The van der Waals surface area contributed by atoms with Crippen molar-refractivity contribution in [2.24, 2.45) is 0 Å². The van der Waals surface area contributed by atoms with Gasteiger partial charge in [0.25, 0.3) is 5.69 Å². The maximum absolute atomic E-state index is 12.3. The number of halogens is 1. The van der Waals surface area contributed by atoms with Crippen LogP contribution in [0, 0.1) is 10.1 Å². The van der Waals surface area contributed by atoms with Gasteiger partial charge in [-0.15, -0.1) is 0 Å². The van der Waals surface area contributed by atoms with Gasteiger partial charge in [-0.05, 0) is 26.1 Å². The SMILES string of the molecule is CNCCCN(C)S(=O)(=O)c1cc([N+](=O)[O-])ccc1Cl. The van der Waals surface area contributed by atoms with Crippen LogP contribution in [0.15, 0.2) is 23.1 Å². The van der Waals surface area contributed by atoms with Gasteiger partial charge in [0, 0.05) is 25.7 Å². The Morgan fingerprint density at radius 3 is 2.65 bits per heavy atom. The Bertz CT molecular complexity index is 591. The summed E-state index contributed by atoms with van der Waals surface area (Å²) in [7, 11) is -0.650. The van der Waals surface area contributed by atoms with E-state index in [-0.39, 0.29) is 15.6 Å². The first-order valence-electron chi connectivity index (χ1n) is 5.85. The van der Waals surface area contributed by atoms with Gasteiger partial charge in [0.1, 0.15) is 4.90 Å². The Labute approximate surface area is 122 Å². The number of benzene rings is 1. The third kappa shape index (κ3) is 3.89. The zero-order valence-corrected chi connectivity index (χ0v) is 12.7. The van der Waals surface area contributed by atoms with Crippen LogP contribution in [0.1, 0.15) is 6.42 Å². The molecule has 1 aromatic carbocycles. The summed E-state index contributed by atoms with van der Waals surface area (Å²) in [6.07, 6.45) is 0.624. The minimum atomic E-state index is -3.84. The molecule has 0 aliphatic carbocycles. The van der Waals surface area contributed by atoms with Crippen LogP contribution in [0.3, 0.4) is 0 Å². The topological polar surface area (TPSA) is 92.6 Å². The average molecular weight is 322 g/mol. The molecule has 112 valence electrons. The number of sulfonamides is 1. The summed E-state index contributed by atoms with van der Waals surface area (Å²) in [5.74, 6) is 0. The highest BCUT2D eigenvalue weighted by atomic mass is 35.5. The maximum atomic E-state index is 12.3. The van der Waals surface area contributed by atoms with Crippen LogP contribution >= 0.6 is 11.6 Å². The van der Waals surface area contributed by atoms with Crippen molar-refractivity contribution in [2.75, 3.05) is 27.2 Å². The monoisotopic (exact) mass is 321 g/mol. The van der Waals surface area contributed by atoms with E-state index in [9.17, 15) is 18.5 Å². The number of hydrogen-bond donors (Lipinski definition) is 1. The first kappa shape index (κ1) is 16.8. The predicted molar refractivity (Wildman–Crippen MR) is 76.5 cm³/mol. The highest BCUT2D eigenvalue weighted by Gasteiger charge is 2.25. The van der Waals surface area contributed by atoms with E-state index in [1.165, 1.54) is 19.2 Å². The van der Waals surface area contributed by atoms with Crippen molar-refractivity contribution in [3.8, 4) is 0 Å². The van der Waals surface area contributed by atoms with Gasteiger partial charge in [-0.3, -0.25) is 10.1 Å². The second kappa shape index (κ2) is 6.98. The number of nitrogens with one attached hydrogen (secondary N) is 1. The van der Waals surface area contributed by atoms with Crippen LogP contribution in [0.2, 0.25) is 5.02 Å². The number of hydrogen-bond acceptors (Lipinski definition) is 5. The summed E-state index contributed by atoms with van der Waals surface area (Å²) in [6, 6.07) is 3.36. The van der Waals surface area contributed by atoms with E-state index < -0.39 is 14.9 Å². The fraction of sp³-hybridized carbons (Fsp3) is 0.455. The Morgan fingerprint density at radius 1 is 1.45 bits per heavy atom. The van der Waals surface area contributed by atoms with Crippen molar-refractivity contribution in [3.63, 3.8) is 0 Å². The van der Waals surface area contributed by atoms with Crippen LogP contribution in [0.4, 0.5) is 5.69 Å². The Morgan fingerprint density at radius 2 is 2.10 bits per heavy atom. The summed E-state index contributed by atoms with van der Waals surface area (Å²) < 4.78 is 25.8. The van der Waals surface area contributed by atoms with E-state index in [0.717, 1.165) is 10.4 Å². The molecular weight excluding hydrogens is 306 g/mol. The smallest absolute Gasteiger partial charge is 0.270 e. The number of rotatable bonds is 7. The van der Waals surface area contributed by atoms with Gasteiger partial charge in [0.15, 0.2) is 0 Å². The summed E-state index contributed by atoms with van der Waals surface area (Å²) in [6.45, 7) is 0.963. The summed E-state index contributed by atoms with van der Waals surface area (Å²) in [4.78, 5) is 9.81. The lowest BCUT2D eigenvalue weighted by molar-refractivity contribution is -0.385. The van der Waals surface area contributed by atoms with Crippen LogP contribution < -0.4 is 5.32 Å². The van der Waals surface area contributed by atoms with Crippen LogP contribution in [-0.2, 0) is 10.0 Å². The van der Waals surface area contributed by atoms with Gasteiger partial charge in [-0.1, -0.05) is 11.6 Å². The second-order valence-corrected chi connectivity index (χ2v) is 6.58. The molecule has 0 saturated heterocycles. The molecule has 9 heteroatoms. The van der Waals surface area contributed by atoms with Crippen molar-refractivity contribution in [3.05, 3.63) is 33.3 Å². The quantitative estimate of drug-likeness (QED) is 0.466. The first-order chi connectivity index (χ1) is 9.30. The van der Waals surface area contributed by atoms with Crippen LogP contribution in [0.25, 0.3) is 0 Å². The molecule has 0 bridgehead atoms. The first-order valence-corrected chi connectivity index (χ1v) is 7.67. The van der Waals surface area contributed by atoms with Crippen molar-refractivity contribution in [1.82, 2.24) is 9.62 Å². The summed E-state index contributed by atoms with van der Waals surface area (Å²) in [5.41, 5.74) is -0.309. The van der Waals surface area contributed by atoms with Gasteiger partial charge in [-0.25, -0.2) is 12.7 Å². The van der Waals surface area contributed by atoms with E-state index in [0.29, 0.717) is 19.5 Å². The molecule has 0 aliphatic heterocycles. The lowest BCUT2D eigenvalue weighted by Crippen LogP contribution is -2.29. The molecule has 0 amide bonds. The van der Waals surface area contributed by atoms with Gasteiger partial charge < -0.3 is 5.32 Å². The van der Waals surface area contributed by atoms with Gasteiger partial charge >= 0.3 is 0 Å². The van der Waals surface area contributed by atoms with Crippen molar-refractivity contribution >= 4 is 27.3 Å². The molecule has 0 saturated carbocycles. The molecule has 20 heavy (non-hydrogen) atoms. The maximum Gasteiger partial charge on any atom is 0.270 e. The summed E-state index contributed by atoms with van der Waals surface area (Å²) >= 11 is 5.85. The molecule has 1 rings (SSSR count). The van der Waals surface area contributed by atoms with Crippen LogP contribution in [-0.4, -0.2) is 44.8 Å². The molecule has 0 heterocycles. The highest BCUT2D eigenvalue weighted by Crippen LogP contribution is 2.28. The highest BCUT2D eigenvalue weighted by molar-refractivity contribution is 7.89. The number of non-ortho nitro benzene ring substituents is 1. The molecule has 7 nitrogen and oxygen atoms in total. The average Bonchev–Trinajstić information content (AvgIpc) is 2.38. The van der Waals surface area contributed by atoms with E-state index in [4.69, 9.17) is 11.6 Å². The Hall–Kier alpha value is -1.22. The normalized spacial score (nSPS) is 11.8. The molecule has 0 fully saturated rings. The molecule has 1 N–H and O–H groups in total. The minimum Gasteiger partial charge on any atom is -0.320 e. The summed E-state index contributed by atoms with van der Waals surface area (Å²) in [5, 5.41) is 13.6. The molecule has 0 radical (unpaired) electrons. The molecule has 0 aromatic heterocycles. The number of nitro benzene ring substituents is 1. The van der Waals surface area contributed by atoms with E-state index in [2.05, 4.69) is 5.32 Å². The largest absolute Gasteiger partial charge is 0.320 e. The van der Waals surface area contributed by atoms with Crippen molar-refractivity contribution in [1.29, 1.82) is 0 Å². The Balaban J connectivity index is 3.08. The standard InChI is InChI=1S/C11H16ClN3O4S/c1-13-6-3-7-14(2)20(18,19)11-8-9(15(16)17)4-5-10(11)12/h4-5,8,13H,3,6-7H2,1-2H3. The van der Waals surface area contributed by atoms with Crippen LogP contribution in [0.5, 0.6) is 0 Å². The van der Waals surface area contributed by atoms with Gasteiger partial charge in [0.05, 0.1) is 9.95 Å². The second-order valence-electron chi connectivity index (χ2n) is 4.16. The fourth-order valence-electron chi connectivity index (χ4n) is 1.57. The van der Waals surface area contributed by atoms with Crippen molar-refractivity contribution < 1.29 is 13.3 Å². The molecule has 0 atom stereocenters. The zero-order chi connectivity index (χ0) is 15.3. The number of nitro groups is 1. The molecule has 1 aromatic rings.